The van der Waals surface area contributed by atoms with Gasteiger partial charge in [0.15, 0.2) is 0 Å². The number of hydrogen-bond donors (Lipinski definition) is 2. The Kier molecular flexibility index (Phi) is 2.23. The van der Waals surface area contributed by atoms with Crippen LogP contribution in [-0.2, 0) is 9.53 Å². The molecule has 4 unspecified atom stereocenters. The lowest BCUT2D eigenvalue weighted by molar-refractivity contribution is -0.160. The predicted molar refractivity (Wildman–Crippen MR) is 48.4 cm³/mol. The average molecular weight is 202 g/mol. The lowest BCUT2D eigenvalue weighted by atomic mass is 9.84. The van der Waals surface area contributed by atoms with Gasteiger partial charge in [-0.15, -0.1) is 0 Å². The number of nitrogens with two attached hydrogens (primary N) is 1. The van der Waals surface area contributed by atoms with Gasteiger partial charge in [0, 0.05) is 6.04 Å². The van der Waals surface area contributed by atoms with Crippen LogP contribution in [0.25, 0.3) is 0 Å². The van der Waals surface area contributed by atoms with E-state index in [4.69, 9.17) is 5.73 Å². The predicted octanol–water partition coefficient (Wildman–Crippen LogP) is -0.281. The zero-order valence-electron chi connectivity index (χ0n) is 8.13. The van der Waals surface area contributed by atoms with Gasteiger partial charge in [0.05, 0.1) is 19.2 Å². The Morgan fingerprint density at radius 1 is 1.64 bits per heavy atom. The lowest BCUT2D eigenvalue weighted by Crippen LogP contribution is -2.66. The van der Waals surface area contributed by atoms with Crippen LogP contribution < -0.4 is 11.1 Å². The van der Waals surface area contributed by atoms with Crippen LogP contribution in [0.2, 0.25) is 0 Å². The fourth-order valence-electron chi connectivity index (χ4n) is 2.52. The SMILES string of the molecule is COC(=O)C1(F)C(N)CC2CCC1N2. The van der Waals surface area contributed by atoms with E-state index < -0.39 is 23.7 Å². The van der Waals surface area contributed by atoms with Crippen LogP contribution in [-0.4, -0.2) is 36.9 Å². The molecule has 0 spiro atoms. The second-order valence-corrected chi connectivity index (χ2v) is 4.10. The minimum absolute atomic E-state index is 0.267. The monoisotopic (exact) mass is 202 g/mol. The molecule has 4 atom stereocenters. The van der Waals surface area contributed by atoms with Gasteiger partial charge in [-0.25, -0.2) is 9.18 Å². The van der Waals surface area contributed by atoms with E-state index in [0.29, 0.717) is 12.8 Å². The first-order valence-corrected chi connectivity index (χ1v) is 4.88. The Labute approximate surface area is 82.0 Å². The molecule has 0 aliphatic carbocycles. The minimum Gasteiger partial charge on any atom is -0.467 e. The molecule has 14 heavy (non-hydrogen) atoms. The zero-order chi connectivity index (χ0) is 10.3. The standard InChI is InChI=1S/C9H15FN2O2/c1-14-8(13)9(10)6(11)4-5-2-3-7(9)12-5/h5-7,12H,2-4,11H2,1H3. The molecule has 2 fully saturated rings. The van der Waals surface area contributed by atoms with E-state index in [1.807, 2.05) is 0 Å². The smallest absolute Gasteiger partial charge is 0.346 e. The molecule has 2 heterocycles. The third kappa shape index (κ3) is 1.15. The Bertz CT molecular complexity index is 261. The normalized spacial score (nSPS) is 46.4. The summed E-state index contributed by atoms with van der Waals surface area (Å²) >= 11 is 0. The van der Waals surface area contributed by atoms with Crippen molar-refractivity contribution < 1.29 is 13.9 Å². The summed E-state index contributed by atoms with van der Waals surface area (Å²) < 4.78 is 18.9. The quantitative estimate of drug-likeness (QED) is 0.574. The first kappa shape index (κ1) is 9.86. The van der Waals surface area contributed by atoms with Crippen LogP contribution in [0.1, 0.15) is 19.3 Å². The Hall–Kier alpha value is -0.680. The Morgan fingerprint density at radius 3 is 3.00 bits per heavy atom. The van der Waals surface area contributed by atoms with E-state index in [-0.39, 0.29) is 6.04 Å². The molecule has 0 aromatic rings. The molecule has 2 rings (SSSR count). The highest BCUT2D eigenvalue weighted by Crippen LogP contribution is 2.37. The number of halogens is 1. The van der Waals surface area contributed by atoms with Crippen molar-refractivity contribution in [2.24, 2.45) is 5.73 Å². The summed E-state index contributed by atoms with van der Waals surface area (Å²) in [5.74, 6) is -0.845. The number of esters is 1. The lowest BCUT2D eigenvalue weighted by Gasteiger charge is -2.38. The molecule has 0 radical (unpaired) electrons. The van der Waals surface area contributed by atoms with Gasteiger partial charge in [-0.1, -0.05) is 0 Å². The number of alkyl halides is 1. The highest BCUT2D eigenvalue weighted by molar-refractivity contribution is 5.82. The molecular formula is C9H15FN2O2. The summed E-state index contributed by atoms with van der Waals surface area (Å²) in [6.45, 7) is 0. The minimum atomic E-state index is -2.04. The second kappa shape index (κ2) is 3.17. The van der Waals surface area contributed by atoms with Gasteiger partial charge in [-0.3, -0.25) is 0 Å². The number of carbonyl (C=O) groups is 1. The molecule has 3 N–H and O–H groups in total. The third-order valence-electron chi connectivity index (χ3n) is 3.32. The largest absolute Gasteiger partial charge is 0.467 e. The highest BCUT2D eigenvalue weighted by atomic mass is 19.1. The number of rotatable bonds is 1. The Balaban J connectivity index is 2.26. The number of ether oxygens (including phenoxy) is 1. The van der Waals surface area contributed by atoms with Crippen LogP contribution in [0, 0.1) is 0 Å². The second-order valence-electron chi connectivity index (χ2n) is 4.10. The maximum Gasteiger partial charge on any atom is 0.346 e. The van der Waals surface area contributed by atoms with Crippen molar-refractivity contribution >= 4 is 5.97 Å². The van der Waals surface area contributed by atoms with Crippen LogP contribution in [0.3, 0.4) is 0 Å². The fourth-order valence-corrected chi connectivity index (χ4v) is 2.52. The fraction of sp³-hybridized carbons (Fsp3) is 0.889. The third-order valence-corrected chi connectivity index (χ3v) is 3.32. The summed E-state index contributed by atoms with van der Waals surface area (Å²) in [6.07, 6.45) is 2.05. The number of piperidine rings is 1. The zero-order valence-corrected chi connectivity index (χ0v) is 8.13. The number of fused-ring (bicyclic) bond motifs is 2. The van der Waals surface area contributed by atoms with E-state index >= 15 is 0 Å². The molecule has 0 amide bonds. The number of hydrogen-bond acceptors (Lipinski definition) is 4. The molecule has 0 aromatic heterocycles. The van der Waals surface area contributed by atoms with Crippen LogP contribution >= 0.6 is 0 Å². The van der Waals surface area contributed by atoms with Gasteiger partial charge < -0.3 is 15.8 Å². The first-order chi connectivity index (χ1) is 6.59. The summed E-state index contributed by atoms with van der Waals surface area (Å²) in [5.41, 5.74) is 3.65. The summed E-state index contributed by atoms with van der Waals surface area (Å²) in [7, 11) is 1.19. The van der Waals surface area contributed by atoms with Gasteiger partial charge in [0.25, 0.3) is 0 Å². The molecule has 5 heteroatoms. The van der Waals surface area contributed by atoms with E-state index in [0.717, 1.165) is 6.42 Å². The van der Waals surface area contributed by atoms with E-state index in [9.17, 15) is 9.18 Å². The number of methoxy groups -OCH3 is 1. The van der Waals surface area contributed by atoms with Crippen molar-refractivity contribution in [1.82, 2.24) is 5.32 Å². The van der Waals surface area contributed by atoms with Gasteiger partial charge in [0.1, 0.15) is 0 Å². The molecule has 2 aliphatic rings. The Morgan fingerprint density at radius 2 is 2.36 bits per heavy atom. The van der Waals surface area contributed by atoms with Gasteiger partial charge >= 0.3 is 5.97 Å². The molecule has 0 aromatic carbocycles. The first-order valence-electron chi connectivity index (χ1n) is 4.88. The van der Waals surface area contributed by atoms with Crippen molar-refractivity contribution in [3.05, 3.63) is 0 Å². The van der Waals surface area contributed by atoms with E-state index in [1.165, 1.54) is 7.11 Å². The summed E-state index contributed by atoms with van der Waals surface area (Å²) in [4.78, 5) is 11.4. The topological polar surface area (TPSA) is 64.3 Å². The molecule has 4 nitrogen and oxygen atoms in total. The molecule has 2 saturated heterocycles. The van der Waals surface area contributed by atoms with Gasteiger partial charge in [-0.2, -0.15) is 0 Å². The van der Waals surface area contributed by atoms with Gasteiger partial charge in [0.2, 0.25) is 5.67 Å². The molecule has 2 aliphatic heterocycles. The van der Waals surface area contributed by atoms with Crippen LogP contribution in [0.5, 0.6) is 0 Å². The maximum atomic E-state index is 14.4. The molecule has 80 valence electrons. The van der Waals surface area contributed by atoms with E-state index in [1.54, 1.807) is 0 Å². The van der Waals surface area contributed by atoms with Crippen molar-refractivity contribution in [2.75, 3.05) is 7.11 Å². The van der Waals surface area contributed by atoms with Crippen molar-refractivity contribution in [2.45, 2.75) is 43.1 Å². The van der Waals surface area contributed by atoms with Crippen molar-refractivity contribution in [3.8, 4) is 0 Å². The average Bonchev–Trinajstić information content (AvgIpc) is 2.59. The van der Waals surface area contributed by atoms with Crippen molar-refractivity contribution in [3.63, 3.8) is 0 Å². The van der Waals surface area contributed by atoms with Crippen molar-refractivity contribution in [1.29, 1.82) is 0 Å². The summed E-state index contributed by atoms with van der Waals surface area (Å²) in [6, 6.07) is -0.944. The number of nitrogens with one attached hydrogen (secondary N) is 1. The summed E-state index contributed by atoms with van der Waals surface area (Å²) in [5, 5.41) is 3.07. The maximum absolute atomic E-state index is 14.4. The van der Waals surface area contributed by atoms with Crippen LogP contribution in [0.4, 0.5) is 4.39 Å². The molecule has 0 saturated carbocycles. The number of carbonyl (C=O) groups excluding carboxylic acids is 1. The molecule has 2 bridgehead atoms. The van der Waals surface area contributed by atoms with Gasteiger partial charge in [-0.05, 0) is 19.3 Å². The van der Waals surface area contributed by atoms with Crippen LogP contribution in [0.15, 0.2) is 0 Å². The molecular weight excluding hydrogens is 187 g/mol. The highest BCUT2D eigenvalue weighted by Gasteiger charge is 2.58. The van der Waals surface area contributed by atoms with E-state index in [2.05, 4.69) is 10.1 Å².